The maximum Gasteiger partial charge on any atom is 0.243 e. The van der Waals surface area contributed by atoms with Crippen LogP contribution in [0.4, 0.5) is 0 Å². The SMILES string of the molecule is O=C(CCC(=O)N1CCC(c2ccccc2)=N1)N1CCC(c2nc3cc(Cl)ccc3o2)CC1. The molecule has 5 rings (SSSR count). The minimum absolute atomic E-state index is 0.0117. The number of amides is 2. The summed E-state index contributed by atoms with van der Waals surface area (Å²) in [6.45, 7) is 1.84. The first-order valence-electron chi connectivity index (χ1n) is 11.3. The zero-order valence-electron chi connectivity index (χ0n) is 18.2. The number of piperidine rings is 1. The summed E-state index contributed by atoms with van der Waals surface area (Å²) < 4.78 is 5.90. The van der Waals surface area contributed by atoms with Crippen molar-refractivity contribution in [2.24, 2.45) is 5.10 Å². The normalized spacial score (nSPS) is 16.9. The molecule has 3 aromatic rings. The summed E-state index contributed by atoms with van der Waals surface area (Å²) in [6, 6.07) is 15.3. The van der Waals surface area contributed by atoms with E-state index in [4.69, 9.17) is 16.0 Å². The predicted octanol–water partition coefficient (Wildman–Crippen LogP) is 4.60. The summed E-state index contributed by atoms with van der Waals surface area (Å²) in [5, 5.41) is 6.60. The Morgan fingerprint density at radius 1 is 1.00 bits per heavy atom. The van der Waals surface area contributed by atoms with Gasteiger partial charge < -0.3 is 9.32 Å². The minimum atomic E-state index is -0.102. The van der Waals surface area contributed by atoms with Gasteiger partial charge in [0.25, 0.3) is 0 Å². The molecule has 0 N–H and O–H groups in total. The number of oxazole rings is 1. The number of carbonyl (C=O) groups is 2. The Morgan fingerprint density at radius 2 is 1.76 bits per heavy atom. The number of fused-ring (bicyclic) bond motifs is 1. The van der Waals surface area contributed by atoms with E-state index in [9.17, 15) is 9.59 Å². The van der Waals surface area contributed by atoms with E-state index < -0.39 is 0 Å². The molecule has 2 aromatic carbocycles. The van der Waals surface area contributed by atoms with Gasteiger partial charge in [-0.2, -0.15) is 5.10 Å². The number of benzene rings is 2. The molecule has 1 aromatic heterocycles. The highest BCUT2D eigenvalue weighted by Crippen LogP contribution is 2.31. The summed E-state index contributed by atoms with van der Waals surface area (Å²) >= 11 is 6.04. The van der Waals surface area contributed by atoms with Crippen LogP contribution in [0.3, 0.4) is 0 Å². The molecule has 0 atom stereocenters. The first-order valence-corrected chi connectivity index (χ1v) is 11.7. The van der Waals surface area contributed by atoms with Crippen molar-refractivity contribution in [2.45, 2.75) is 38.0 Å². The Hall–Kier alpha value is -3.19. The zero-order chi connectivity index (χ0) is 22.8. The molecule has 1 fully saturated rings. The second-order valence-corrected chi connectivity index (χ2v) is 8.94. The Labute approximate surface area is 197 Å². The van der Waals surface area contributed by atoms with Gasteiger partial charge in [0, 0.05) is 43.3 Å². The number of carbonyl (C=O) groups excluding carboxylic acids is 2. The third kappa shape index (κ3) is 4.78. The van der Waals surface area contributed by atoms with Crippen LogP contribution in [0.1, 0.15) is 49.5 Å². The number of nitrogens with zero attached hydrogens (tertiary/aromatic N) is 4. The third-order valence-corrected chi connectivity index (χ3v) is 6.55. The van der Waals surface area contributed by atoms with E-state index in [1.807, 2.05) is 41.3 Å². The topological polar surface area (TPSA) is 79.0 Å². The summed E-state index contributed by atoms with van der Waals surface area (Å²) in [5.74, 6) is 0.791. The molecule has 0 bridgehead atoms. The zero-order valence-corrected chi connectivity index (χ0v) is 19.0. The van der Waals surface area contributed by atoms with Gasteiger partial charge in [0.05, 0.1) is 12.3 Å². The number of rotatable bonds is 5. The number of hydrogen-bond donors (Lipinski definition) is 0. The highest BCUT2D eigenvalue weighted by molar-refractivity contribution is 6.31. The van der Waals surface area contributed by atoms with Crippen LogP contribution in [0.2, 0.25) is 5.02 Å². The summed E-state index contributed by atoms with van der Waals surface area (Å²) in [4.78, 5) is 31.7. The van der Waals surface area contributed by atoms with E-state index in [0.717, 1.165) is 41.6 Å². The predicted molar refractivity (Wildman–Crippen MR) is 126 cm³/mol. The van der Waals surface area contributed by atoms with E-state index in [1.165, 1.54) is 5.01 Å². The van der Waals surface area contributed by atoms with E-state index >= 15 is 0 Å². The van der Waals surface area contributed by atoms with Gasteiger partial charge in [0.1, 0.15) is 5.52 Å². The molecule has 0 saturated carbocycles. The van der Waals surface area contributed by atoms with Crippen LogP contribution >= 0.6 is 11.6 Å². The molecule has 2 aliphatic heterocycles. The molecule has 0 radical (unpaired) electrons. The van der Waals surface area contributed by atoms with E-state index in [1.54, 1.807) is 12.1 Å². The van der Waals surface area contributed by atoms with Gasteiger partial charge in [-0.3, -0.25) is 9.59 Å². The molecule has 3 heterocycles. The fourth-order valence-corrected chi connectivity index (χ4v) is 4.61. The molecule has 2 aliphatic rings. The second-order valence-electron chi connectivity index (χ2n) is 8.50. The van der Waals surface area contributed by atoms with Crippen molar-refractivity contribution in [1.29, 1.82) is 0 Å². The molecule has 1 saturated heterocycles. The van der Waals surface area contributed by atoms with Crippen LogP contribution in [0.5, 0.6) is 0 Å². The van der Waals surface area contributed by atoms with Gasteiger partial charge in [-0.15, -0.1) is 0 Å². The van der Waals surface area contributed by atoms with Crippen molar-refractivity contribution < 1.29 is 14.0 Å². The van der Waals surface area contributed by atoms with Gasteiger partial charge in [0.2, 0.25) is 11.8 Å². The lowest BCUT2D eigenvalue weighted by Gasteiger charge is -2.30. The number of likely N-dealkylation sites (tertiary alicyclic amines) is 1. The van der Waals surface area contributed by atoms with Crippen LogP contribution in [-0.4, -0.2) is 52.1 Å². The third-order valence-electron chi connectivity index (χ3n) is 6.31. The monoisotopic (exact) mass is 464 g/mol. The summed E-state index contributed by atoms with van der Waals surface area (Å²) in [6.07, 6.45) is 2.70. The van der Waals surface area contributed by atoms with Gasteiger partial charge in [-0.05, 0) is 36.6 Å². The summed E-state index contributed by atoms with van der Waals surface area (Å²) in [5.41, 5.74) is 3.44. The Kier molecular flexibility index (Phi) is 6.13. The van der Waals surface area contributed by atoms with Gasteiger partial charge >= 0.3 is 0 Å². The maximum absolute atomic E-state index is 12.7. The van der Waals surface area contributed by atoms with Crippen molar-refractivity contribution >= 4 is 40.2 Å². The molecule has 33 heavy (non-hydrogen) atoms. The minimum Gasteiger partial charge on any atom is -0.440 e. The van der Waals surface area contributed by atoms with Crippen LogP contribution in [0.25, 0.3) is 11.1 Å². The molecule has 0 unspecified atom stereocenters. The van der Waals surface area contributed by atoms with Crippen molar-refractivity contribution in [3.63, 3.8) is 0 Å². The smallest absolute Gasteiger partial charge is 0.243 e. The quantitative estimate of drug-likeness (QED) is 0.552. The standard InChI is InChI=1S/C25H25ClN4O3/c26-19-6-7-22-21(16-19)27-25(33-22)18-10-13-29(14-11-18)23(31)8-9-24(32)30-15-12-20(28-30)17-4-2-1-3-5-17/h1-7,16,18H,8-15H2. The molecule has 170 valence electrons. The van der Waals surface area contributed by atoms with Crippen LogP contribution in [0, 0.1) is 0 Å². The molecule has 0 aliphatic carbocycles. The average Bonchev–Trinajstić information content (AvgIpc) is 3.50. The van der Waals surface area contributed by atoms with E-state index in [-0.39, 0.29) is 30.6 Å². The molecular weight excluding hydrogens is 440 g/mol. The highest BCUT2D eigenvalue weighted by Gasteiger charge is 2.28. The highest BCUT2D eigenvalue weighted by atomic mass is 35.5. The van der Waals surface area contributed by atoms with Crippen molar-refractivity contribution in [2.75, 3.05) is 19.6 Å². The van der Waals surface area contributed by atoms with E-state index in [0.29, 0.717) is 30.5 Å². The van der Waals surface area contributed by atoms with Crippen LogP contribution in [0.15, 0.2) is 58.0 Å². The number of aromatic nitrogens is 1. The van der Waals surface area contributed by atoms with Gasteiger partial charge in [-0.1, -0.05) is 41.9 Å². The molecule has 0 spiro atoms. The Morgan fingerprint density at radius 3 is 2.55 bits per heavy atom. The lowest BCUT2D eigenvalue weighted by atomic mass is 9.96. The van der Waals surface area contributed by atoms with Gasteiger partial charge in [0.15, 0.2) is 11.5 Å². The van der Waals surface area contributed by atoms with Crippen LogP contribution < -0.4 is 0 Å². The molecule has 8 heteroatoms. The lowest BCUT2D eigenvalue weighted by Crippen LogP contribution is -2.38. The van der Waals surface area contributed by atoms with Crippen molar-refractivity contribution in [1.82, 2.24) is 14.9 Å². The molecule has 2 amide bonds. The van der Waals surface area contributed by atoms with Gasteiger partial charge in [-0.25, -0.2) is 9.99 Å². The maximum atomic E-state index is 12.7. The number of hydrogen-bond acceptors (Lipinski definition) is 5. The molecule has 7 nitrogen and oxygen atoms in total. The molecular formula is C25H25ClN4O3. The fourth-order valence-electron chi connectivity index (χ4n) is 4.44. The van der Waals surface area contributed by atoms with E-state index in [2.05, 4.69) is 10.1 Å². The first kappa shape index (κ1) is 21.6. The summed E-state index contributed by atoms with van der Waals surface area (Å²) in [7, 11) is 0. The average molecular weight is 465 g/mol. The largest absolute Gasteiger partial charge is 0.440 e. The number of halogens is 1. The fraction of sp³-hybridized carbons (Fsp3) is 0.360. The second kappa shape index (κ2) is 9.35. The van der Waals surface area contributed by atoms with Crippen molar-refractivity contribution in [3.05, 3.63) is 65.0 Å². The van der Waals surface area contributed by atoms with Crippen molar-refractivity contribution in [3.8, 4) is 0 Å². The first-order chi connectivity index (χ1) is 16.1. The lowest BCUT2D eigenvalue weighted by molar-refractivity contribution is -0.137. The number of hydrazone groups is 1. The van der Waals surface area contributed by atoms with Crippen LogP contribution in [-0.2, 0) is 9.59 Å². The Bertz CT molecular complexity index is 1200. The Balaban J connectivity index is 1.11.